The van der Waals surface area contributed by atoms with Crippen LogP contribution in [0, 0.1) is 0 Å². The number of hydrogen-bond donors (Lipinski definition) is 0. The summed E-state index contributed by atoms with van der Waals surface area (Å²) in [7, 11) is 0. The van der Waals surface area contributed by atoms with E-state index in [4.69, 9.17) is 11.6 Å². The fraction of sp³-hybridized carbons (Fsp3) is 0.0833. The second kappa shape index (κ2) is 7.45. The molecule has 1 amide bonds. The molecule has 0 saturated carbocycles. The van der Waals surface area contributed by atoms with Crippen LogP contribution >= 0.6 is 11.6 Å². The van der Waals surface area contributed by atoms with E-state index in [0.717, 1.165) is 11.1 Å². The Kier molecular flexibility index (Phi) is 4.84. The Balaban J connectivity index is 1.88. The molecule has 0 aromatic heterocycles. The van der Waals surface area contributed by atoms with Crippen LogP contribution in [0.2, 0.25) is 5.02 Å². The van der Waals surface area contributed by atoms with Gasteiger partial charge in [-0.2, -0.15) is 0 Å². The minimum absolute atomic E-state index is 0.187. The van der Waals surface area contributed by atoms with Gasteiger partial charge in [0.05, 0.1) is 5.57 Å². The number of carbonyl (C=O) groups excluding carboxylic acids is 2. The average molecular weight is 388 g/mol. The zero-order chi connectivity index (χ0) is 19.7. The molecule has 0 aliphatic carbocycles. The van der Waals surface area contributed by atoms with Gasteiger partial charge < -0.3 is 0 Å². The van der Waals surface area contributed by atoms with Crippen LogP contribution in [-0.2, 0) is 9.59 Å². The number of allylic oxidation sites excluding steroid dienone is 1. The van der Waals surface area contributed by atoms with Gasteiger partial charge in [-0.3, -0.25) is 14.5 Å². The van der Waals surface area contributed by atoms with E-state index < -0.39 is 6.04 Å². The second-order valence-electron chi connectivity index (χ2n) is 6.70. The summed E-state index contributed by atoms with van der Waals surface area (Å²) in [5, 5.41) is 0.610. The third-order valence-electron chi connectivity index (χ3n) is 4.99. The highest BCUT2D eigenvalue weighted by atomic mass is 35.5. The summed E-state index contributed by atoms with van der Waals surface area (Å²) in [6.45, 7) is 1.81. The Labute approximate surface area is 168 Å². The van der Waals surface area contributed by atoms with Crippen molar-refractivity contribution in [2.24, 2.45) is 0 Å². The number of ketones is 1. The molecule has 28 heavy (non-hydrogen) atoms. The number of anilines is 1. The molecule has 1 saturated heterocycles. The van der Waals surface area contributed by atoms with Crippen LogP contribution in [0.3, 0.4) is 0 Å². The van der Waals surface area contributed by atoms with Gasteiger partial charge in [0.1, 0.15) is 6.04 Å². The van der Waals surface area contributed by atoms with Gasteiger partial charge in [0.25, 0.3) is 5.91 Å². The first-order valence-electron chi connectivity index (χ1n) is 9.02. The molecule has 3 aromatic carbocycles. The predicted molar refractivity (Wildman–Crippen MR) is 112 cm³/mol. The zero-order valence-corrected chi connectivity index (χ0v) is 16.1. The number of hydrogen-bond acceptors (Lipinski definition) is 2. The van der Waals surface area contributed by atoms with E-state index >= 15 is 0 Å². The van der Waals surface area contributed by atoms with E-state index in [1.807, 2.05) is 79.7 Å². The third kappa shape index (κ3) is 3.14. The molecular weight excluding hydrogens is 370 g/mol. The van der Waals surface area contributed by atoms with Crippen molar-refractivity contribution in [1.29, 1.82) is 0 Å². The molecule has 4 heteroatoms. The highest BCUT2D eigenvalue weighted by Crippen LogP contribution is 2.39. The number of amides is 1. The van der Waals surface area contributed by atoms with Crippen LogP contribution in [0.25, 0.3) is 5.57 Å². The molecule has 138 valence electrons. The molecule has 1 unspecified atom stereocenters. The monoisotopic (exact) mass is 387 g/mol. The summed E-state index contributed by atoms with van der Waals surface area (Å²) in [6.07, 6.45) is 0. The van der Waals surface area contributed by atoms with Crippen molar-refractivity contribution >= 4 is 34.6 Å². The van der Waals surface area contributed by atoms with E-state index in [2.05, 4.69) is 0 Å². The Morgan fingerprint density at radius 1 is 0.821 bits per heavy atom. The molecule has 4 rings (SSSR count). The summed E-state index contributed by atoms with van der Waals surface area (Å²) < 4.78 is 0. The van der Waals surface area contributed by atoms with Gasteiger partial charge in [-0.1, -0.05) is 72.3 Å². The third-order valence-corrected chi connectivity index (χ3v) is 5.24. The van der Waals surface area contributed by atoms with Crippen LogP contribution < -0.4 is 4.90 Å². The molecule has 1 aliphatic rings. The van der Waals surface area contributed by atoms with Gasteiger partial charge >= 0.3 is 0 Å². The first kappa shape index (κ1) is 18.2. The highest BCUT2D eigenvalue weighted by Gasteiger charge is 2.45. The molecular formula is C24H18ClNO2. The summed E-state index contributed by atoms with van der Waals surface area (Å²) >= 11 is 5.98. The molecule has 1 aliphatic heterocycles. The van der Waals surface area contributed by atoms with Gasteiger partial charge in [-0.25, -0.2) is 0 Å². The first-order valence-corrected chi connectivity index (χ1v) is 9.40. The number of Topliss-reactive ketones (excluding diaryl/α,β-unsaturated/α-hetero) is 1. The Morgan fingerprint density at radius 2 is 1.39 bits per heavy atom. The van der Waals surface area contributed by atoms with E-state index in [-0.39, 0.29) is 17.3 Å². The van der Waals surface area contributed by atoms with Crippen molar-refractivity contribution in [3.63, 3.8) is 0 Å². The fourth-order valence-corrected chi connectivity index (χ4v) is 3.70. The highest BCUT2D eigenvalue weighted by molar-refractivity contribution is 6.36. The normalized spacial score (nSPS) is 18.5. The van der Waals surface area contributed by atoms with Crippen molar-refractivity contribution in [2.75, 3.05) is 4.90 Å². The average Bonchev–Trinajstić information content (AvgIpc) is 2.99. The van der Waals surface area contributed by atoms with Crippen molar-refractivity contribution in [3.05, 3.63) is 107 Å². The molecule has 0 N–H and O–H groups in total. The van der Waals surface area contributed by atoms with Crippen LogP contribution in [-0.4, -0.2) is 11.7 Å². The van der Waals surface area contributed by atoms with E-state index in [1.165, 1.54) is 0 Å². The van der Waals surface area contributed by atoms with Crippen LogP contribution in [0.15, 0.2) is 90.5 Å². The number of carbonyl (C=O) groups is 2. The Morgan fingerprint density at radius 3 is 2.00 bits per heavy atom. The number of rotatable bonds is 3. The van der Waals surface area contributed by atoms with Gasteiger partial charge in [-0.05, 0) is 47.9 Å². The Bertz CT molecular complexity index is 997. The lowest BCUT2D eigenvalue weighted by atomic mass is 9.95. The number of halogens is 1. The standard InChI is InChI=1S/C24H18ClNO2/c1-16(17-12-14-19(25)15-13-17)21-23(27)22(18-8-4-2-5-9-18)26(24(21)28)20-10-6-3-7-11-20/h2-15,22H,1H3. The van der Waals surface area contributed by atoms with Gasteiger partial charge in [0.15, 0.2) is 5.78 Å². The van der Waals surface area contributed by atoms with Gasteiger partial charge in [0, 0.05) is 10.7 Å². The second-order valence-corrected chi connectivity index (χ2v) is 7.13. The Hall–Kier alpha value is -3.17. The number of benzene rings is 3. The zero-order valence-electron chi connectivity index (χ0n) is 15.3. The lowest BCUT2D eigenvalue weighted by Gasteiger charge is -2.23. The van der Waals surface area contributed by atoms with E-state index in [1.54, 1.807) is 17.0 Å². The van der Waals surface area contributed by atoms with Gasteiger partial charge in [0.2, 0.25) is 0 Å². The van der Waals surface area contributed by atoms with E-state index in [9.17, 15) is 9.59 Å². The topological polar surface area (TPSA) is 37.4 Å². The molecule has 3 nitrogen and oxygen atoms in total. The molecule has 1 heterocycles. The maximum atomic E-state index is 13.4. The molecule has 0 radical (unpaired) electrons. The lowest BCUT2D eigenvalue weighted by molar-refractivity contribution is -0.116. The summed E-state index contributed by atoms with van der Waals surface area (Å²) in [5.41, 5.74) is 3.19. The quantitative estimate of drug-likeness (QED) is 0.441. The molecule has 1 fully saturated rings. The lowest BCUT2D eigenvalue weighted by Crippen LogP contribution is -2.28. The first-order chi connectivity index (χ1) is 13.6. The van der Waals surface area contributed by atoms with Crippen molar-refractivity contribution in [2.45, 2.75) is 13.0 Å². The van der Waals surface area contributed by atoms with Crippen LogP contribution in [0.4, 0.5) is 5.69 Å². The maximum Gasteiger partial charge on any atom is 0.263 e. The summed E-state index contributed by atoms with van der Waals surface area (Å²) in [5.74, 6) is -0.468. The molecule has 3 aromatic rings. The van der Waals surface area contributed by atoms with Crippen LogP contribution in [0.1, 0.15) is 24.1 Å². The summed E-state index contributed by atoms with van der Waals surface area (Å²) in [6, 6.07) is 25.2. The van der Waals surface area contributed by atoms with Gasteiger partial charge in [-0.15, -0.1) is 0 Å². The molecule has 0 bridgehead atoms. The number of para-hydroxylation sites is 1. The minimum Gasteiger partial charge on any atom is -0.293 e. The molecule has 0 spiro atoms. The fourth-order valence-electron chi connectivity index (χ4n) is 3.58. The number of nitrogens with zero attached hydrogens (tertiary/aromatic N) is 1. The SMILES string of the molecule is CC(=C1C(=O)C(c2ccccc2)N(c2ccccc2)C1=O)c1ccc(Cl)cc1. The minimum atomic E-state index is -0.673. The van der Waals surface area contributed by atoms with Crippen molar-refractivity contribution in [1.82, 2.24) is 0 Å². The smallest absolute Gasteiger partial charge is 0.263 e. The predicted octanol–water partition coefficient (Wildman–Crippen LogP) is 5.47. The maximum absolute atomic E-state index is 13.4. The van der Waals surface area contributed by atoms with E-state index in [0.29, 0.717) is 16.3 Å². The molecule has 1 atom stereocenters. The largest absolute Gasteiger partial charge is 0.293 e. The van der Waals surface area contributed by atoms with Crippen molar-refractivity contribution < 1.29 is 9.59 Å². The van der Waals surface area contributed by atoms with Crippen LogP contribution in [0.5, 0.6) is 0 Å². The van der Waals surface area contributed by atoms with Crippen molar-refractivity contribution in [3.8, 4) is 0 Å². The summed E-state index contributed by atoms with van der Waals surface area (Å²) in [4.78, 5) is 28.4.